The van der Waals surface area contributed by atoms with Crippen molar-refractivity contribution in [3.05, 3.63) is 193 Å². The Morgan fingerprint density at radius 2 is 1.18 bits per heavy atom. The van der Waals surface area contributed by atoms with Crippen LogP contribution in [0.5, 0.6) is 11.5 Å². The lowest BCUT2D eigenvalue weighted by atomic mass is 9.75. The number of para-hydroxylation sites is 4. The lowest BCUT2D eigenvalue weighted by Gasteiger charge is -2.37. The van der Waals surface area contributed by atoms with Crippen molar-refractivity contribution in [1.29, 1.82) is 0 Å². The summed E-state index contributed by atoms with van der Waals surface area (Å²) in [6.07, 6.45) is 0. The van der Waals surface area contributed by atoms with Gasteiger partial charge in [-0.25, -0.2) is 0 Å². The van der Waals surface area contributed by atoms with Crippen LogP contribution in [-0.4, -0.2) is 4.57 Å². The van der Waals surface area contributed by atoms with E-state index in [2.05, 4.69) is 205 Å². The number of benzene rings is 8. The summed E-state index contributed by atoms with van der Waals surface area (Å²) in [7, 11) is 0. The predicted molar refractivity (Wildman–Crippen MR) is 234 cm³/mol. The SMILES string of the molecule is CC1(C)c2ccccc2Oc2c(N(c3ccc(-c4cccc5c4Sc4ccccc4S5)cc3)c3ccc4c(c3)c3ccccc3n4-c3ccccc3)cccc21. The predicted octanol–water partition coefficient (Wildman–Crippen LogP) is 15.0. The quantitative estimate of drug-likeness (QED) is 0.174. The summed E-state index contributed by atoms with van der Waals surface area (Å²) >= 11 is 3.73. The van der Waals surface area contributed by atoms with Gasteiger partial charge < -0.3 is 14.2 Å². The third-order valence-electron chi connectivity index (χ3n) is 11.3. The monoisotopic (exact) mass is 756 g/mol. The van der Waals surface area contributed by atoms with E-state index in [4.69, 9.17) is 4.74 Å². The Morgan fingerprint density at radius 3 is 2.04 bits per heavy atom. The van der Waals surface area contributed by atoms with E-state index in [0.717, 1.165) is 34.2 Å². The third-order valence-corrected chi connectivity index (χ3v) is 13.9. The van der Waals surface area contributed by atoms with E-state index in [0.29, 0.717) is 0 Å². The van der Waals surface area contributed by atoms with Crippen LogP contribution in [0.15, 0.2) is 202 Å². The smallest absolute Gasteiger partial charge is 0.155 e. The van der Waals surface area contributed by atoms with Crippen LogP contribution in [0.3, 0.4) is 0 Å². The Morgan fingerprint density at radius 1 is 0.518 bits per heavy atom. The molecule has 11 rings (SSSR count). The lowest BCUT2D eigenvalue weighted by Crippen LogP contribution is -2.25. The summed E-state index contributed by atoms with van der Waals surface area (Å²) in [5.74, 6) is 1.79. The molecule has 5 heteroatoms. The maximum Gasteiger partial charge on any atom is 0.155 e. The molecule has 0 bridgehead atoms. The van der Waals surface area contributed by atoms with E-state index in [1.807, 2.05) is 23.5 Å². The van der Waals surface area contributed by atoms with Crippen molar-refractivity contribution in [3.63, 3.8) is 0 Å². The molecule has 8 aromatic carbocycles. The fourth-order valence-electron chi connectivity index (χ4n) is 8.58. The highest BCUT2D eigenvalue weighted by atomic mass is 32.2. The second-order valence-electron chi connectivity index (χ2n) is 14.9. The number of hydrogen-bond acceptors (Lipinski definition) is 4. The molecule has 0 fully saturated rings. The van der Waals surface area contributed by atoms with Crippen LogP contribution in [0.4, 0.5) is 17.1 Å². The molecule has 0 saturated heterocycles. The minimum atomic E-state index is -0.247. The van der Waals surface area contributed by atoms with Gasteiger partial charge in [0.1, 0.15) is 5.75 Å². The Kier molecular flexibility index (Phi) is 7.70. The molecule has 0 spiro atoms. The molecule has 0 radical (unpaired) electrons. The highest BCUT2D eigenvalue weighted by Gasteiger charge is 2.36. The van der Waals surface area contributed by atoms with E-state index in [1.54, 1.807) is 0 Å². The zero-order valence-electron chi connectivity index (χ0n) is 30.9. The number of fused-ring (bicyclic) bond motifs is 7. The first kappa shape index (κ1) is 33.2. The summed E-state index contributed by atoms with van der Waals surface area (Å²) in [6, 6.07) is 65.8. The molecule has 56 heavy (non-hydrogen) atoms. The average Bonchev–Trinajstić information content (AvgIpc) is 3.57. The van der Waals surface area contributed by atoms with E-state index < -0.39 is 0 Å². The molecule has 0 unspecified atom stereocenters. The number of anilines is 3. The number of aromatic nitrogens is 1. The first-order chi connectivity index (χ1) is 27.5. The van der Waals surface area contributed by atoms with Crippen LogP contribution in [-0.2, 0) is 5.41 Å². The second-order valence-corrected chi connectivity index (χ2v) is 17.1. The van der Waals surface area contributed by atoms with E-state index in [9.17, 15) is 0 Å². The van der Waals surface area contributed by atoms with Crippen LogP contribution in [0.2, 0.25) is 0 Å². The molecule has 268 valence electrons. The fraction of sp³-hybridized carbons (Fsp3) is 0.0588. The molecule has 3 nitrogen and oxygen atoms in total. The van der Waals surface area contributed by atoms with Crippen LogP contribution in [0.1, 0.15) is 25.0 Å². The van der Waals surface area contributed by atoms with Gasteiger partial charge in [0.15, 0.2) is 5.75 Å². The van der Waals surface area contributed by atoms with E-state index in [1.165, 1.54) is 63.6 Å². The first-order valence-corrected chi connectivity index (χ1v) is 20.6. The van der Waals surface area contributed by atoms with Gasteiger partial charge in [-0.2, -0.15) is 0 Å². The average molecular weight is 757 g/mol. The summed E-state index contributed by atoms with van der Waals surface area (Å²) in [6.45, 7) is 4.60. The Hall–Kier alpha value is -6.14. The minimum absolute atomic E-state index is 0.247. The van der Waals surface area contributed by atoms with Gasteiger partial charge in [0.25, 0.3) is 0 Å². The van der Waals surface area contributed by atoms with Crippen molar-refractivity contribution in [2.24, 2.45) is 0 Å². The maximum atomic E-state index is 6.92. The molecule has 2 aliphatic rings. The standard InChI is InChI=1S/C51H36N2OS2/c1-51(2)40-18-7-9-22-45(40)54-49-41(51)19-13-21-44(49)52(36-30-31-43-39(32-36)38-16-6-8-20-42(38)53(43)34-14-4-3-5-15-34)35-28-26-33(27-29-35)37-17-12-25-48-50(37)56-47-24-11-10-23-46(47)55-48/h3-32H,1-2H3. The molecule has 3 heterocycles. The van der Waals surface area contributed by atoms with Crippen molar-refractivity contribution < 1.29 is 4.74 Å². The normalized spacial score (nSPS) is 13.7. The number of nitrogens with zero attached hydrogens (tertiary/aromatic N) is 2. The van der Waals surface area contributed by atoms with Gasteiger partial charge in [-0.05, 0) is 90.0 Å². The van der Waals surface area contributed by atoms with Gasteiger partial charge in [-0.15, -0.1) is 0 Å². The third kappa shape index (κ3) is 5.22. The number of hydrogen-bond donors (Lipinski definition) is 0. The van der Waals surface area contributed by atoms with Crippen LogP contribution in [0.25, 0.3) is 38.6 Å². The number of ether oxygens (including phenoxy) is 1. The molecule has 0 amide bonds. The zero-order valence-corrected chi connectivity index (χ0v) is 32.6. The fourth-order valence-corrected chi connectivity index (χ4v) is 11.0. The van der Waals surface area contributed by atoms with Crippen molar-refractivity contribution in [1.82, 2.24) is 4.57 Å². The Balaban J connectivity index is 1.09. The van der Waals surface area contributed by atoms with Crippen molar-refractivity contribution in [2.75, 3.05) is 4.90 Å². The Labute approximate surface area is 335 Å². The van der Waals surface area contributed by atoms with Gasteiger partial charge in [-0.3, -0.25) is 0 Å². The number of rotatable bonds is 5. The van der Waals surface area contributed by atoms with Crippen molar-refractivity contribution >= 4 is 62.4 Å². The molecule has 0 saturated carbocycles. The van der Waals surface area contributed by atoms with E-state index >= 15 is 0 Å². The van der Waals surface area contributed by atoms with E-state index in [-0.39, 0.29) is 5.41 Å². The second kappa shape index (κ2) is 13.0. The van der Waals surface area contributed by atoms with Gasteiger partial charge in [0.2, 0.25) is 0 Å². The van der Waals surface area contributed by atoms with Crippen molar-refractivity contribution in [3.8, 4) is 28.3 Å². The molecule has 0 N–H and O–H groups in total. The zero-order chi connectivity index (χ0) is 37.4. The molecule has 0 aliphatic carbocycles. The summed E-state index contributed by atoms with van der Waals surface area (Å²) in [4.78, 5) is 7.62. The van der Waals surface area contributed by atoms with Crippen LogP contribution < -0.4 is 9.64 Å². The topological polar surface area (TPSA) is 17.4 Å². The Bertz CT molecular complexity index is 2980. The van der Waals surface area contributed by atoms with Crippen LogP contribution >= 0.6 is 23.5 Å². The van der Waals surface area contributed by atoms with Gasteiger partial charge >= 0.3 is 0 Å². The van der Waals surface area contributed by atoms with Crippen molar-refractivity contribution in [2.45, 2.75) is 38.8 Å². The summed E-state index contributed by atoms with van der Waals surface area (Å²) < 4.78 is 9.29. The lowest BCUT2D eigenvalue weighted by molar-refractivity contribution is 0.419. The minimum Gasteiger partial charge on any atom is -0.455 e. The van der Waals surface area contributed by atoms with Gasteiger partial charge in [0, 0.05) is 64.0 Å². The molecule has 0 atom stereocenters. The summed E-state index contributed by atoms with van der Waals surface area (Å²) in [5, 5.41) is 2.42. The maximum absolute atomic E-state index is 6.92. The van der Waals surface area contributed by atoms with Gasteiger partial charge in [0.05, 0.1) is 16.7 Å². The molecular weight excluding hydrogens is 721 g/mol. The molecule has 2 aliphatic heterocycles. The largest absolute Gasteiger partial charge is 0.455 e. The highest BCUT2D eigenvalue weighted by Crippen LogP contribution is 2.55. The molecular formula is C51H36N2OS2. The van der Waals surface area contributed by atoms with Gasteiger partial charge in [-0.1, -0.05) is 140 Å². The summed E-state index contributed by atoms with van der Waals surface area (Å²) in [5.41, 5.74) is 11.2. The van der Waals surface area contributed by atoms with Crippen LogP contribution in [0, 0.1) is 0 Å². The molecule has 9 aromatic rings. The molecule has 1 aromatic heterocycles. The highest BCUT2D eigenvalue weighted by molar-refractivity contribution is 8.05. The first-order valence-electron chi connectivity index (χ1n) is 19.0.